The van der Waals surface area contributed by atoms with E-state index in [1.54, 1.807) is 13.3 Å². The van der Waals surface area contributed by atoms with Crippen LogP contribution in [0.4, 0.5) is 11.8 Å². The number of hydrogen-bond acceptors (Lipinski definition) is 8. The summed E-state index contributed by atoms with van der Waals surface area (Å²) in [5, 5.41) is 11.6. The summed E-state index contributed by atoms with van der Waals surface area (Å²) < 4.78 is 7.61. The number of nitrogens with one attached hydrogen (secondary N) is 2. The van der Waals surface area contributed by atoms with Gasteiger partial charge in [-0.1, -0.05) is 19.4 Å². The number of hydrogen-bond donors (Lipinski definition) is 3. The van der Waals surface area contributed by atoms with E-state index in [0.29, 0.717) is 17.9 Å². The molecule has 3 aromatic rings. The predicted octanol–water partition coefficient (Wildman–Crippen LogP) is 4.01. The lowest BCUT2D eigenvalue weighted by atomic mass is 9.81. The minimum atomic E-state index is -0.0972. The Labute approximate surface area is 201 Å². The maximum absolute atomic E-state index is 5.92. The molecule has 0 unspecified atom stereocenters. The van der Waals surface area contributed by atoms with Crippen molar-refractivity contribution in [3.63, 3.8) is 0 Å². The summed E-state index contributed by atoms with van der Waals surface area (Å²) in [4.78, 5) is 13.6. The SMILES string of the molecule is CCCCNc1nc(N)nc2cnn(Cc3ncc(C4=CC(C)(C)NC(C)(C)C4)cc3OC)c12. The average Bonchev–Trinajstić information content (AvgIpc) is 3.14. The molecule has 4 heterocycles. The van der Waals surface area contributed by atoms with Crippen molar-refractivity contribution in [2.45, 2.75) is 71.5 Å². The first-order valence-electron chi connectivity index (χ1n) is 11.9. The van der Waals surface area contributed by atoms with Gasteiger partial charge in [0.1, 0.15) is 22.5 Å². The molecule has 0 aliphatic carbocycles. The monoisotopic (exact) mass is 464 g/mol. The van der Waals surface area contributed by atoms with Gasteiger partial charge in [-0.15, -0.1) is 0 Å². The first-order valence-corrected chi connectivity index (χ1v) is 11.9. The third-order valence-electron chi connectivity index (χ3n) is 5.98. The number of nitrogens with zero attached hydrogens (tertiary/aromatic N) is 5. The molecule has 9 nitrogen and oxygen atoms in total. The summed E-state index contributed by atoms with van der Waals surface area (Å²) in [5.41, 5.74) is 10.5. The van der Waals surface area contributed by atoms with Gasteiger partial charge in [0.25, 0.3) is 0 Å². The van der Waals surface area contributed by atoms with Gasteiger partial charge < -0.3 is 21.1 Å². The second-order valence-electron chi connectivity index (χ2n) is 10.2. The first kappa shape index (κ1) is 23.9. The van der Waals surface area contributed by atoms with Gasteiger partial charge in [-0.25, -0.2) is 4.98 Å². The Bertz CT molecular complexity index is 1210. The fourth-order valence-electron chi connectivity index (χ4n) is 4.83. The number of fused-ring (bicyclic) bond motifs is 1. The van der Waals surface area contributed by atoms with Gasteiger partial charge in [0.05, 0.1) is 19.9 Å². The molecule has 4 N–H and O–H groups in total. The van der Waals surface area contributed by atoms with Crippen molar-refractivity contribution >= 4 is 28.4 Å². The van der Waals surface area contributed by atoms with Crippen LogP contribution in [0.1, 0.15) is 65.1 Å². The number of rotatable bonds is 8. The number of ether oxygens (including phenoxy) is 1. The molecule has 1 aliphatic rings. The molecule has 0 saturated heterocycles. The van der Waals surface area contributed by atoms with Crippen molar-refractivity contribution in [3.8, 4) is 5.75 Å². The Morgan fingerprint density at radius 1 is 1.21 bits per heavy atom. The maximum Gasteiger partial charge on any atom is 0.222 e. The molecule has 4 rings (SSSR count). The Morgan fingerprint density at radius 3 is 2.71 bits per heavy atom. The zero-order chi connectivity index (χ0) is 24.5. The Hall–Kier alpha value is -3.20. The quantitative estimate of drug-likeness (QED) is 0.428. The van der Waals surface area contributed by atoms with Crippen molar-refractivity contribution < 1.29 is 4.74 Å². The van der Waals surface area contributed by atoms with Gasteiger partial charge in [0.15, 0.2) is 5.82 Å². The Balaban J connectivity index is 1.67. The standard InChI is InChI=1S/C25H36N8O/c1-7-8-9-27-22-21-18(30-23(26)31-22)14-29-33(21)15-19-20(34-6)10-16(13-28-19)17-11-24(2,3)32-25(4,5)12-17/h10-11,13-14,32H,7-9,12,15H2,1-6H3,(H3,26,27,30,31). The van der Waals surface area contributed by atoms with E-state index in [0.717, 1.165) is 48.3 Å². The minimum absolute atomic E-state index is 0.00348. The molecule has 9 heteroatoms. The number of anilines is 2. The molecule has 0 amide bonds. The molecule has 0 fully saturated rings. The van der Waals surface area contributed by atoms with E-state index in [1.165, 1.54) is 5.57 Å². The van der Waals surface area contributed by atoms with Gasteiger partial charge in [0, 0.05) is 23.8 Å². The molecule has 0 radical (unpaired) electrons. The Morgan fingerprint density at radius 2 is 2.00 bits per heavy atom. The fourth-order valence-corrected chi connectivity index (χ4v) is 4.83. The fraction of sp³-hybridized carbons (Fsp3) is 0.520. The van der Waals surface area contributed by atoms with Crippen LogP contribution in [-0.2, 0) is 6.54 Å². The lowest BCUT2D eigenvalue weighted by molar-refractivity contribution is 0.297. The summed E-state index contributed by atoms with van der Waals surface area (Å²) in [6, 6.07) is 2.08. The minimum Gasteiger partial charge on any atom is -0.495 e. The third kappa shape index (κ3) is 5.14. The van der Waals surface area contributed by atoms with E-state index >= 15 is 0 Å². The lowest BCUT2D eigenvalue weighted by Crippen LogP contribution is -2.53. The lowest BCUT2D eigenvalue weighted by Gasteiger charge is -2.41. The third-order valence-corrected chi connectivity index (χ3v) is 5.98. The van der Waals surface area contributed by atoms with E-state index in [9.17, 15) is 0 Å². The van der Waals surface area contributed by atoms with Crippen molar-refractivity contribution in [3.05, 3.63) is 35.8 Å². The first-order chi connectivity index (χ1) is 16.1. The van der Waals surface area contributed by atoms with Crippen LogP contribution in [0.5, 0.6) is 5.75 Å². The topological polar surface area (TPSA) is 116 Å². The number of methoxy groups -OCH3 is 1. The van der Waals surface area contributed by atoms with Crippen molar-refractivity contribution in [2.24, 2.45) is 0 Å². The zero-order valence-corrected chi connectivity index (χ0v) is 21.1. The number of nitrogens with two attached hydrogens (primary N) is 1. The summed E-state index contributed by atoms with van der Waals surface area (Å²) in [7, 11) is 1.68. The van der Waals surface area contributed by atoms with Crippen molar-refractivity contribution in [1.82, 2.24) is 30.0 Å². The number of nitrogen functional groups attached to an aromatic ring is 1. The van der Waals surface area contributed by atoms with E-state index in [-0.39, 0.29) is 17.0 Å². The van der Waals surface area contributed by atoms with Crippen LogP contribution in [0.25, 0.3) is 16.6 Å². The molecular weight excluding hydrogens is 428 g/mol. The van der Waals surface area contributed by atoms with Crippen LogP contribution in [0.3, 0.4) is 0 Å². The van der Waals surface area contributed by atoms with Crippen LogP contribution in [0.15, 0.2) is 24.5 Å². The van der Waals surface area contributed by atoms with Gasteiger partial charge in [-0.05, 0) is 57.7 Å². The molecule has 0 spiro atoms. The molecule has 3 aromatic heterocycles. The number of pyridine rings is 1. The molecule has 0 atom stereocenters. The van der Waals surface area contributed by atoms with Crippen molar-refractivity contribution in [1.29, 1.82) is 0 Å². The van der Waals surface area contributed by atoms with E-state index in [2.05, 4.69) is 72.5 Å². The van der Waals surface area contributed by atoms with E-state index < -0.39 is 0 Å². The summed E-state index contributed by atoms with van der Waals surface area (Å²) in [6.45, 7) is 12.2. The van der Waals surface area contributed by atoms with Crippen LogP contribution in [0.2, 0.25) is 0 Å². The molecule has 0 bridgehead atoms. The Kier molecular flexibility index (Phi) is 6.49. The van der Waals surface area contributed by atoms with Gasteiger partial charge >= 0.3 is 0 Å². The summed E-state index contributed by atoms with van der Waals surface area (Å²) >= 11 is 0. The number of aromatic nitrogens is 5. The largest absolute Gasteiger partial charge is 0.495 e. The van der Waals surface area contributed by atoms with Gasteiger partial charge in [0.2, 0.25) is 5.95 Å². The molecule has 0 saturated carbocycles. The maximum atomic E-state index is 5.92. The highest BCUT2D eigenvalue weighted by Gasteiger charge is 2.32. The molecular formula is C25H36N8O. The highest BCUT2D eigenvalue weighted by atomic mass is 16.5. The predicted molar refractivity (Wildman–Crippen MR) is 137 cm³/mol. The normalized spacial score (nSPS) is 16.9. The summed E-state index contributed by atoms with van der Waals surface area (Å²) in [5.74, 6) is 1.65. The van der Waals surface area contributed by atoms with Crippen molar-refractivity contribution in [2.75, 3.05) is 24.7 Å². The number of unbranched alkanes of at least 4 members (excludes halogenated alkanes) is 1. The second kappa shape index (κ2) is 9.21. The highest BCUT2D eigenvalue weighted by molar-refractivity contribution is 5.86. The van der Waals surface area contributed by atoms with Crippen LogP contribution in [0, 0.1) is 0 Å². The summed E-state index contributed by atoms with van der Waals surface area (Å²) in [6.07, 6.45) is 8.96. The second-order valence-corrected chi connectivity index (χ2v) is 10.2. The van der Waals surface area contributed by atoms with E-state index in [4.69, 9.17) is 15.5 Å². The molecule has 0 aromatic carbocycles. The average molecular weight is 465 g/mol. The van der Waals surface area contributed by atoms with Crippen LogP contribution >= 0.6 is 0 Å². The molecule has 1 aliphatic heterocycles. The van der Waals surface area contributed by atoms with Gasteiger partial charge in [-0.3, -0.25) is 9.67 Å². The molecule has 182 valence electrons. The van der Waals surface area contributed by atoms with E-state index in [1.807, 2.05) is 10.9 Å². The molecule has 34 heavy (non-hydrogen) atoms. The van der Waals surface area contributed by atoms with Crippen LogP contribution < -0.4 is 21.1 Å². The van der Waals surface area contributed by atoms with Gasteiger partial charge in [-0.2, -0.15) is 10.1 Å². The zero-order valence-electron chi connectivity index (χ0n) is 21.1. The highest BCUT2D eigenvalue weighted by Crippen LogP contribution is 2.35. The smallest absolute Gasteiger partial charge is 0.222 e. The van der Waals surface area contributed by atoms with Crippen LogP contribution in [-0.4, -0.2) is 49.5 Å².